The van der Waals surface area contributed by atoms with E-state index in [1.807, 2.05) is 62.4 Å². The van der Waals surface area contributed by atoms with Crippen molar-refractivity contribution in [2.45, 2.75) is 20.4 Å². The fourth-order valence-corrected chi connectivity index (χ4v) is 3.98. The number of benzene rings is 2. The molecule has 2 aromatic heterocycles. The van der Waals surface area contributed by atoms with Crippen LogP contribution < -0.4 is 15.6 Å². The van der Waals surface area contributed by atoms with Crippen LogP contribution in [-0.2, 0) is 11.3 Å². The summed E-state index contributed by atoms with van der Waals surface area (Å²) in [4.78, 5) is 29.5. The molecular weight excluding hydrogens is 400 g/mol. The van der Waals surface area contributed by atoms with Gasteiger partial charge in [-0.25, -0.2) is 4.98 Å². The smallest absolute Gasteiger partial charge is 0.275 e. The summed E-state index contributed by atoms with van der Waals surface area (Å²) < 4.78 is 6.83. The zero-order valence-corrected chi connectivity index (χ0v) is 17.4. The SMILES string of the molecule is Cc1ccccc1OCC(=O)NCc1cc(=O)n2nc(-c3ccccc3C)sc2n1. The molecule has 0 spiro atoms. The summed E-state index contributed by atoms with van der Waals surface area (Å²) in [6.07, 6.45) is 0. The average molecular weight is 420 g/mol. The van der Waals surface area contributed by atoms with Crippen LogP contribution in [0.3, 0.4) is 0 Å². The van der Waals surface area contributed by atoms with Crippen molar-refractivity contribution in [3.63, 3.8) is 0 Å². The lowest BCUT2D eigenvalue weighted by atomic mass is 10.1. The fourth-order valence-electron chi connectivity index (χ4n) is 2.97. The standard InChI is InChI=1S/C22H20N4O3S/c1-14-7-3-5-9-17(14)21-25-26-20(28)11-16(24-22(26)30-21)12-23-19(27)13-29-18-10-6-4-8-15(18)2/h3-11H,12-13H2,1-2H3,(H,23,27). The highest BCUT2D eigenvalue weighted by Crippen LogP contribution is 2.26. The molecule has 0 bridgehead atoms. The number of hydrogen-bond acceptors (Lipinski definition) is 6. The monoisotopic (exact) mass is 420 g/mol. The van der Waals surface area contributed by atoms with E-state index in [1.165, 1.54) is 21.9 Å². The third kappa shape index (κ3) is 4.23. The first kappa shape index (κ1) is 19.8. The molecule has 2 aromatic carbocycles. The molecule has 0 aliphatic carbocycles. The largest absolute Gasteiger partial charge is 0.484 e. The molecule has 0 radical (unpaired) electrons. The second kappa shape index (κ2) is 8.46. The lowest BCUT2D eigenvalue weighted by Gasteiger charge is -2.09. The molecule has 2 heterocycles. The summed E-state index contributed by atoms with van der Waals surface area (Å²) in [7, 11) is 0. The molecule has 0 aliphatic rings. The molecule has 0 fully saturated rings. The molecule has 7 nitrogen and oxygen atoms in total. The number of fused-ring (bicyclic) bond motifs is 1. The summed E-state index contributed by atoms with van der Waals surface area (Å²) >= 11 is 1.34. The highest BCUT2D eigenvalue weighted by molar-refractivity contribution is 7.19. The highest BCUT2D eigenvalue weighted by atomic mass is 32.1. The van der Waals surface area contributed by atoms with Crippen LogP contribution in [0.15, 0.2) is 59.4 Å². The Morgan fingerprint density at radius 2 is 1.83 bits per heavy atom. The lowest BCUT2D eigenvalue weighted by molar-refractivity contribution is -0.123. The van der Waals surface area contributed by atoms with Crippen LogP contribution in [-0.4, -0.2) is 27.1 Å². The van der Waals surface area contributed by atoms with Gasteiger partial charge in [-0.1, -0.05) is 53.8 Å². The minimum atomic E-state index is -0.287. The Morgan fingerprint density at radius 1 is 1.10 bits per heavy atom. The van der Waals surface area contributed by atoms with Gasteiger partial charge in [-0.05, 0) is 31.0 Å². The summed E-state index contributed by atoms with van der Waals surface area (Å²) in [5, 5.41) is 7.87. The van der Waals surface area contributed by atoms with Crippen molar-refractivity contribution in [1.29, 1.82) is 0 Å². The Hall–Kier alpha value is -3.52. The van der Waals surface area contributed by atoms with E-state index in [4.69, 9.17) is 4.74 Å². The number of rotatable bonds is 6. The maximum absolute atomic E-state index is 12.5. The molecule has 1 N–H and O–H groups in total. The zero-order valence-electron chi connectivity index (χ0n) is 16.6. The van der Waals surface area contributed by atoms with Crippen LogP contribution in [0.1, 0.15) is 16.8 Å². The molecular formula is C22H20N4O3S. The predicted molar refractivity (Wildman–Crippen MR) is 116 cm³/mol. The van der Waals surface area contributed by atoms with Crippen molar-refractivity contribution in [1.82, 2.24) is 19.9 Å². The van der Waals surface area contributed by atoms with Crippen LogP contribution in [0.2, 0.25) is 0 Å². The molecule has 0 saturated carbocycles. The van der Waals surface area contributed by atoms with E-state index in [0.717, 1.165) is 21.7 Å². The van der Waals surface area contributed by atoms with E-state index in [2.05, 4.69) is 15.4 Å². The lowest BCUT2D eigenvalue weighted by Crippen LogP contribution is -2.29. The van der Waals surface area contributed by atoms with E-state index < -0.39 is 0 Å². The van der Waals surface area contributed by atoms with Crippen molar-refractivity contribution < 1.29 is 9.53 Å². The summed E-state index contributed by atoms with van der Waals surface area (Å²) in [6.45, 7) is 3.95. The molecule has 1 amide bonds. The molecule has 4 aromatic rings. The van der Waals surface area contributed by atoms with Gasteiger partial charge in [0.1, 0.15) is 10.8 Å². The second-order valence-electron chi connectivity index (χ2n) is 6.83. The molecule has 0 aliphatic heterocycles. The van der Waals surface area contributed by atoms with Crippen molar-refractivity contribution in [3.8, 4) is 16.3 Å². The third-order valence-corrected chi connectivity index (χ3v) is 5.53. The molecule has 0 unspecified atom stereocenters. The van der Waals surface area contributed by atoms with E-state index in [-0.39, 0.29) is 24.6 Å². The molecule has 30 heavy (non-hydrogen) atoms. The van der Waals surface area contributed by atoms with Crippen LogP contribution in [0.4, 0.5) is 0 Å². The van der Waals surface area contributed by atoms with Gasteiger partial charge in [0.25, 0.3) is 11.5 Å². The first-order valence-electron chi connectivity index (χ1n) is 9.42. The number of carbonyl (C=O) groups excluding carboxylic acids is 1. The number of ether oxygens (including phenoxy) is 1. The van der Waals surface area contributed by atoms with Gasteiger partial charge in [0.05, 0.1) is 12.2 Å². The number of hydrogen-bond donors (Lipinski definition) is 1. The number of carbonyl (C=O) groups is 1. The fraction of sp³-hybridized carbons (Fsp3) is 0.182. The zero-order chi connectivity index (χ0) is 21.1. The Bertz CT molecular complexity index is 1280. The Morgan fingerprint density at radius 3 is 2.60 bits per heavy atom. The minimum Gasteiger partial charge on any atom is -0.484 e. The molecule has 152 valence electrons. The quantitative estimate of drug-likeness (QED) is 0.518. The molecule has 8 heteroatoms. The molecule has 0 atom stereocenters. The van der Waals surface area contributed by atoms with Gasteiger partial charge in [-0.2, -0.15) is 9.61 Å². The first-order chi connectivity index (χ1) is 14.5. The number of para-hydroxylation sites is 1. The Labute approximate surface area is 177 Å². The topological polar surface area (TPSA) is 85.6 Å². The normalized spacial score (nSPS) is 10.9. The average Bonchev–Trinajstić information content (AvgIpc) is 3.16. The number of aryl methyl sites for hydroxylation is 2. The molecule has 0 saturated heterocycles. The van der Waals surface area contributed by atoms with Crippen molar-refractivity contribution >= 4 is 22.2 Å². The summed E-state index contributed by atoms with van der Waals surface area (Å²) in [5.74, 6) is 0.379. The number of nitrogens with zero attached hydrogens (tertiary/aromatic N) is 3. The Kier molecular flexibility index (Phi) is 5.58. The van der Waals surface area contributed by atoms with E-state index >= 15 is 0 Å². The van der Waals surface area contributed by atoms with Gasteiger partial charge < -0.3 is 10.1 Å². The van der Waals surface area contributed by atoms with Crippen LogP contribution in [0, 0.1) is 13.8 Å². The van der Waals surface area contributed by atoms with Gasteiger partial charge in [-0.3, -0.25) is 9.59 Å². The predicted octanol–water partition coefficient (Wildman–Crippen LogP) is 3.13. The maximum atomic E-state index is 12.5. The van der Waals surface area contributed by atoms with Crippen molar-refractivity contribution in [2.24, 2.45) is 0 Å². The molecule has 4 rings (SSSR count). The van der Waals surface area contributed by atoms with E-state index in [0.29, 0.717) is 16.4 Å². The van der Waals surface area contributed by atoms with Gasteiger partial charge >= 0.3 is 0 Å². The van der Waals surface area contributed by atoms with Gasteiger partial charge in [0.2, 0.25) is 4.96 Å². The maximum Gasteiger partial charge on any atom is 0.275 e. The van der Waals surface area contributed by atoms with Gasteiger partial charge in [-0.15, -0.1) is 0 Å². The minimum absolute atomic E-state index is 0.107. The van der Waals surface area contributed by atoms with Crippen LogP contribution in [0.5, 0.6) is 5.75 Å². The second-order valence-corrected chi connectivity index (χ2v) is 7.79. The van der Waals surface area contributed by atoms with Gasteiger partial charge in [0, 0.05) is 11.6 Å². The first-order valence-corrected chi connectivity index (χ1v) is 10.2. The number of nitrogens with one attached hydrogen (secondary N) is 1. The van der Waals surface area contributed by atoms with Crippen molar-refractivity contribution in [2.75, 3.05) is 6.61 Å². The third-order valence-electron chi connectivity index (χ3n) is 4.59. The highest BCUT2D eigenvalue weighted by Gasteiger charge is 2.13. The van der Waals surface area contributed by atoms with Crippen LogP contribution >= 0.6 is 11.3 Å². The van der Waals surface area contributed by atoms with Gasteiger partial charge in [0.15, 0.2) is 6.61 Å². The summed E-state index contributed by atoms with van der Waals surface area (Å²) in [6, 6.07) is 16.7. The summed E-state index contributed by atoms with van der Waals surface area (Å²) in [5.41, 5.74) is 3.20. The van der Waals surface area contributed by atoms with E-state index in [1.54, 1.807) is 0 Å². The number of amides is 1. The number of aromatic nitrogens is 3. The Balaban J connectivity index is 1.46. The van der Waals surface area contributed by atoms with Crippen molar-refractivity contribution in [3.05, 3.63) is 81.8 Å². The van der Waals surface area contributed by atoms with Crippen LogP contribution in [0.25, 0.3) is 15.5 Å². The van der Waals surface area contributed by atoms with E-state index in [9.17, 15) is 9.59 Å².